The van der Waals surface area contributed by atoms with Gasteiger partial charge >= 0.3 is 0 Å². The van der Waals surface area contributed by atoms with Crippen LogP contribution in [0.1, 0.15) is 49.3 Å². The van der Waals surface area contributed by atoms with Gasteiger partial charge in [-0.3, -0.25) is 13.9 Å². The highest BCUT2D eigenvalue weighted by Crippen LogP contribution is 2.25. The number of nitrogens with one attached hydrogen (secondary N) is 1. The minimum absolute atomic E-state index is 0.0483. The highest BCUT2D eigenvalue weighted by Gasteiger charge is 2.30. The first kappa shape index (κ1) is 33.4. The Labute approximate surface area is 259 Å². The van der Waals surface area contributed by atoms with Crippen LogP contribution in [-0.4, -0.2) is 50.5 Å². The summed E-state index contributed by atoms with van der Waals surface area (Å²) in [7, 11) is -3.57. The summed E-state index contributed by atoms with van der Waals surface area (Å²) < 4.78 is 26.5. The Bertz CT molecular complexity index is 1430. The number of carbonyl (C=O) groups is 2. The molecule has 0 aliphatic heterocycles. The maximum Gasteiger partial charge on any atom is 0.243 e. The molecule has 1 N–H and O–H groups in total. The molecule has 0 saturated carbocycles. The monoisotopic (exact) mass is 631 g/mol. The fourth-order valence-corrected chi connectivity index (χ4v) is 5.90. The molecular formula is C32H39Cl2N3O4S. The molecule has 0 radical (unpaired) electrons. The number of amides is 2. The average molecular weight is 633 g/mol. The summed E-state index contributed by atoms with van der Waals surface area (Å²) in [6, 6.07) is 21.1. The second-order valence-corrected chi connectivity index (χ2v) is 13.1. The Balaban J connectivity index is 1.88. The predicted octanol–water partition coefficient (Wildman–Crippen LogP) is 6.40. The topological polar surface area (TPSA) is 86.8 Å². The van der Waals surface area contributed by atoms with Crippen molar-refractivity contribution in [2.45, 2.75) is 58.5 Å². The van der Waals surface area contributed by atoms with Crippen LogP contribution in [0.4, 0.5) is 5.69 Å². The molecule has 226 valence electrons. The SMILES string of the molecule is CCCCNC(=O)C(Cc1ccccc1)N(Cc1ccc(Cl)c(Cl)c1)C(=O)CCCN(c1ccc(C)cc1)S(C)(=O)=O. The largest absolute Gasteiger partial charge is 0.354 e. The van der Waals surface area contributed by atoms with Crippen molar-refractivity contribution in [3.05, 3.63) is 99.5 Å². The molecule has 3 aromatic carbocycles. The lowest BCUT2D eigenvalue weighted by Crippen LogP contribution is -2.50. The number of anilines is 1. The molecule has 0 saturated heterocycles. The first-order valence-electron chi connectivity index (χ1n) is 14.1. The zero-order valence-electron chi connectivity index (χ0n) is 24.4. The number of benzene rings is 3. The van der Waals surface area contributed by atoms with Crippen molar-refractivity contribution in [1.29, 1.82) is 0 Å². The normalized spacial score (nSPS) is 12.0. The van der Waals surface area contributed by atoms with Gasteiger partial charge in [0.1, 0.15) is 6.04 Å². The molecule has 0 fully saturated rings. The number of hydrogen-bond donors (Lipinski definition) is 1. The van der Waals surface area contributed by atoms with E-state index in [1.54, 1.807) is 35.2 Å². The summed E-state index contributed by atoms with van der Waals surface area (Å²) in [4.78, 5) is 29.0. The van der Waals surface area contributed by atoms with E-state index in [1.165, 1.54) is 4.31 Å². The molecule has 10 heteroatoms. The highest BCUT2D eigenvalue weighted by molar-refractivity contribution is 7.92. The molecule has 0 spiro atoms. The Kier molecular flexibility index (Phi) is 12.7. The van der Waals surface area contributed by atoms with E-state index in [2.05, 4.69) is 5.32 Å². The standard InChI is InChI=1S/C32H39Cl2N3O4S/c1-4-5-19-35-32(39)30(22-25-10-7-6-8-11-25)36(23-26-15-18-28(33)29(34)21-26)31(38)12-9-20-37(42(3,40)41)27-16-13-24(2)14-17-27/h6-8,10-11,13-18,21,30H,4-5,9,12,19-20,22-23H2,1-3H3,(H,35,39). The van der Waals surface area contributed by atoms with Crippen molar-refractivity contribution in [3.63, 3.8) is 0 Å². The Morgan fingerprint density at radius 2 is 1.60 bits per heavy atom. The third-order valence-corrected chi connectivity index (χ3v) is 8.84. The van der Waals surface area contributed by atoms with Gasteiger partial charge in [-0.05, 0) is 55.2 Å². The Morgan fingerprint density at radius 3 is 2.21 bits per heavy atom. The lowest BCUT2D eigenvalue weighted by molar-refractivity contribution is -0.141. The van der Waals surface area contributed by atoms with E-state index < -0.39 is 16.1 Å². The molecule has 1 atom stereocenters. The second-order valence-electron chi connectivity index (χ2n) is 10.4. The van der Waals surface area contributed by atoms with E-state index >= 15 is 0 Å². The van der Waals surface area contributed by atoms with Crippen LogP contribution in [0.5, 0.6) is 0 Å². The van der Waals surface area contributed by atoms with Crippen LogP contribution in [0.15, 0.2) is 72.8 Å². The van der Waals surface area contributed by atoms with Gasteiger partial charge in [0.25, 0.3) is 0 Å². The van der Waals surface area contributed by atoms with Crippen molar-refractivity contribution in [2.24, 2.45) is 0 Å². The van der Waals surface area contributed by atoms with Crippen LogP contribution in [0.25, 0.3) is 0 Å². The molecule has 2 amide bonds. The lowest BCUT2D eigenvalue weighted by Gasteiger charge is -2.32. The van der Waals surface area contributed by atoms with E-state index in [-0.39, 0.29) is 37.7 Å². The fourth-order valence-electron chi connectivity index (χ4n) is 4.61. The minimum Gasteiger partial charge on any atom is -0.354 e. The van der Waals surface area contributed by atoms with Crippen LogP contribution in [0, 0.1) is 6.92 Å². The Hall–Kier alpha value is -3.07. The smallest absolute Gasteiger partial charge is 0.243 e. The Morgan fingerprint density at radius 1 is 0.905 bits per heavy atom. The molecule has 0 heterocycles. The average Bonchev–Trinajstić information content (AvgIpc) is 2.95. The maximum atomic E-state index is 13.9. The predicted molar refractivity (Wildman–Crippen MR) is 171 cm³/mol. The van der Waals surface area contributed by atoms with Gasteiger partial charge in [-0.25, -0.2) is 8.42 Å². The molecule has 0 bridgehead atoms. The number of hydrogen-bond acceptors (Lipinski definition) is 4. The van der Waals surface area contributed by atoms with Gasteiger partial charge < -0.3 is 10.2 Å². The van der Waals surface area contributed by atoms with Crippen LogP contribution >= 0.6 is 23.2 Å². The number of halogens is 2. The molecule has 3 aromatic rings. The van der Waals surface area contributed by atoms with Crippen molar-refractivity contribution >= 4 is 50.7 Å². The number of aryl methyl sites for hydroxylation is 1. The van der Waals surface area contributed by atoms with Gasteiger partial charge in [-0.1, -0.05) is 90.6 Å². The minimum atomic E-state index is -3.57. The summed E-state index contributed by atoms with van der Waals surface area (Å²) in [5.74, 6) is -0.497. The van der Waals surface area contributed by atoms with Crippen molar-refractivity contribution in [2.75, 3.05) is 23.7 Å². The van der Waals surface area contributed by atoms with Crippen molar-refractivity contribution in [3.8, 4) is 0 Å². The van der Waals surface area contributed by atoms with E-state index in [9.17, 15) is 18.0 Å². The van der Waals surface area contributed by atoms with Gasteiger partial charge in [0.05, 0.1) is 22.0 Å². The maximum absolute atomic E-state index is 13.9. The van der Waals surface area contributed by atoms with Crippen LogP contribution < -0.4 is 9.62 Å². The van der Waals surface area contributed by atoms with Crippen molar-refractivity contribution < 1.29 is 18.0 Å². The van der Waals surface area contributed by atoms with Crippen molar-refractivity contribution in [1.82, 2.24) is 10.2 Å². The quantitative estimate of drug-likeness (QED) is 0.197. The van der Waals surface area contributed by atoms with E-state index in [0.29, 0.717) is 28.7 Å². The number of unbranched alkanes of at least 4 members (excludes halogenated alkanes) is 1. The summed E-state index contributed by atoms with van der Waals surface area (Å²) in [5, 5.41) is 3.75. The molecule has 42 heavy (non-hydrogen) atoms. The third-order valence-electron chi connectivity index (χ3n) is 6.91. The zero-order chi connectivity index (χ0) is 30.7. The van der Waals surface area contributed by atoms with E-state index in [1.807, 2.05) is 56.3 Å². The first-order chi connectivity index (χ1) is 20.0. The van der Waals surface area contributed by atoms with E-state index in [4.69, 9.17) is 23.2 Å². The molecule has 1 unspecified atom stereocenters. The number of sulfonamides is 1. The van der Waals surface area contributed by atoms with Crippen LogP contribution in [-0.2, 0) is 32.6 Å². The lowest BCUT2D eigenvalue weighted by atomic mass is 10.0. The third kappa shape index (κ3) is 10.0. The first-order valence-corrected chi connectivity index (χ1v) is 16.7. The number of rotatable bonds is 15. The van der Waals surface area contributed by atoms with Crippen LogP contribution in [0.2, 0.25) is 10.0 Å². The highest BCUT2D eigenvalue weighted by atomic mass is 35.5. The van der Waals surface area contributed by atoms with Gasteiger partial charge in [-0.2, -0.15) is 0 Å². The molecular weight excluding hydrogens is 593 g/mol. The molecule has 0 aromatic heterocycles. The summed E-state index contributed by atoms with van der Waals surface area (Å²) >= 11 is 12.4. The van der Waals surface area contributed by atoms with Gasteiger partial charge in [0.15, 0.2) is 0 Å². The van der Waals surface area contributed by atoms with E-state index in [0.717, 1.165) is 35.8 Å². The molecule has 7 nitrogen and oxygen atoms in total. The second kappa shape index (κ2) is 16.0. The molecule has 0 aliphatic rings. The fraction of sp³-hybridized carbons (Fsp3) is 0.375. The van der Waals surface area contributed by atoms with Crippen LogP contribution in [0.3, 0.4) is 0 Å². The summed E-state index contributed by atoms with van der Waals surface area (Å²) in [6.07, 6.45) is 3.55. The summed E-state index contributed by atoms with van der Waals surface area (Å²) in [5.41, 5.74) is 3.21. The van der Waals surface area contributed by atoms with Gasteiger partial charge in [0.2, 0.25) is 21.8 Å². The van der Waals surface area contributed by atoms with Gasteiger partial charge in [-0.15, -0.1) is 0 Å². The number of nitrogens with zero attached hydrogens (tertiary/aromatic N) is 2. The van der Waals surface area contributed by atoms with Gasteiger partial charge in [0, 0.05) is 32.5 Å². The molecule has 0 aliphatic carbocycles. The number of carbonyl (C=O) groups excluding carboxylic acids is 2. The zero-order valence-corrected chi connectivity index (χ0v) is 26.7. The summed E-state index contributed by atoms with van der Waals surface area (Å²) in [6.45, 7) is 4.75. The molecule has 3 rings (SSSR count).